The Hall–Kier alpha value is -0.900. The minimum atomic E-state index is -1.18. The van der Waals surface area contributed by atoms with Gasteiger partial charge in [-0.1, -0.05) is 6.58 Å². The summed E-state index contributed by atoms with van der Waals surface area (Å²) < 4.78 is 15.0. The van der Waals surface area contributed by atoms with E-state index in [-0.39, 0.29) is 5.57 Å². The lowest BCUT2D eigenvalue weighted by Gasteiger charge is -1.97. The minimum Gasteiger partial charge on any atom is -0.430 e. The maximum atomic E-state index is 11.2. The van der Waals surface area contributed by atoms with Gasteiger partial charge in [0.1, 0.15) is 0 Å². The third-order valence-electron chi connectivity index (χ3n) is 0.665. The second kappa shape index (κ2) is 4.03. The number of carbonyl (C=O) groups excluding carboxylic acids is 1. The van der Waals surface area contributed by atoms with Gasteiger partial charge in [-0.2, -0.15) is 0 Å². The van der Waals surface area contributed by atoms with Crippen molar-refractivity contribution in [1.82, 2.24) is 0 Å². The number of aliphatic hydroxyl groups excluding tert-OH is 1. The summed E-state index contributed by atoms with van der Waals surface area (Å²) in [6, 6.07) is 0. The highest BCUT2D eigenvalue weighted by Gasteiger charge is 2.04. The van der Waals surface area contributed by atoms with Gasteiger partial charge in [-0.3, -0.25) is 0 Å². The normalized spacial score (nSPS) is 8.67. The first-order chi connectivity index (χ1) is 4.22. The number of hydrogen-bond donors (Lipinski definition) is 1. The smallest absolute Gasteiger partial charge is 0.338 e. The quantitative estimate of drug-likeness (QED) is 0.436. The third-order valence-corrected chi connectivity index (χ3v) is 0.665. The van der Waals surface area contributed by atoms with Crippen molar-refractivity contribution in [2.45, 2.75) is 0 Å². The molecule has 0 amide bonds. The number of ether oxygens (including phenoxy) is 1. The summed E-state index contributed by atoms with van der Waals surface area (Å²) in [5.41, 5.74) is -0.146. The first kappa shape index (κ1) is 8.10. The molecule has 0 aliphatic heterocycles. The lowest BCUT2D eigenvalue weighted by Crippen LogP contribution is -2.08. The van der Waals surface area contributed by atoms with Gasteiger partial charge in [-0.25, -0.2) is 9.18 Å². The van der Waals surface area contributed by atoms with Crippen LogP contribution in [0.3, 0.4) is 0 Å². The summed E-state index contributed by atoms with van der Waals surface area (Å²) in [5, 5.41) is 8.21. The van der Waals surface area contributed by atoms with Crippen molar-refractivity contribution in [2.75, 3.05) is 13.5 Å². The zero-order valence-electron chi connectivity index (χ0n) is 4.76. The summed E-state index contributed by atoms with van der Waals surface area (Å²) in [7, 11) is 0. The van der Waals surface area contributed by atoms with Crippen molar-refractivity contribution in [3.63, 3.8) is 0 Å². The number of carbonyl (C=O) groups is 1. The molecule has 0 bridgehead atoms. The molecule has 0 saturated carbocycles. The molecule has 4 heteroatoms. The van der Waals surface area contributed by atoms with Crippen LogP contribution in [0.2, 0.25) is 0 Å². The molecule has 0 aromatic carbocycles. The lowest BCUT2D eigenvalue weighted by atomic mass is 10.3. The van der Waals surface area contributed by atoms with Gasteiger partial charge in [0.25, 0.3) is 0 Å². The number of esters is 1. The highest BCUT2D eigenvalue weighted by molar-refractivity contribution is 5.87. The van der Waals surface area contributed by atoms with Gasteiger partial charge in [0.15, 0.2) is 0 Å². The van der Waals surface area contributed by atoms with Gasteiger partial charge in [-0.15, -0.1) is 0 Å². The first-order valence-electron chi connectivity index (χ1n) is 2.24. The third kappa shape index (κ3) is 2.81. The fraction of sp³-hybridized carbons (Fsp3) is 0.400. The van der Waals surface area contributed by atoms with E-state index in [9.17, 15) is 9.18 Å². The van der Waals surface area contributed by atoms with Crippen LogP contribution in [0.25, 0.3) is 0 Å². The predicted octanol–water partition coefficient (Wildman–Crippen LogP) is 0.00510. The monoisotopic (exact) mass is 134 g/mol. The highest BCUT2D eigenvalue weighted by atomic mass is 19.1. The molecule has 0 unspecified atom stereocenters. The molecule has 52 valence electrons. The van der Waals surface area contributed by atoms with E-state index < -0.39 is 19.4 Å². The van der Waals surface area contributed by atoms with E-state index in [1.54, 1.807) is 0 Å². The maximum absolute atomic E-state index is 11.2. The van der Waals surface area contributed by atoms with Crippen molar-refractivity contribution in [3.8, 4) is 0 Å². The Balaban J connectivity index is 3.60. The number of halogens is 1. The molecule has 9 heavy (non-hydrogen) atoms. The summed E-state index contributed by atoms with van der Waals surface area (Å²) in [4.78, 5) is 10.3. The first-order valence-corrected chi connectivity index (χ1v) is 2.24. The zero-order chi connectivity index (χ0) is 7.28. The van der Waals surface area contributed by atoms with E-state index in [4.69, 9.17) is 5.11 Å². The van der Waals surface area contributed by atoms with Crippen LogP contribution >= 0.6 is 0 Å². The molecule has 0 spiro atoms. The highest BCUT2D eigenvalue weighted by Crippen LogP contribution is 1.91. The molecule has 0 radical (unpaired) electrons. The number of alkyl halides is 1. The van der Waals surface area contributed by atoms with E-state index in [0.717, 1.165) is 0 Å². The van der Waals surface area contributed by atoms with E-state index in [0.29, 0.717) is 0 Å². The van der Waals surface area contributed by atoms with Crippen LogP contribution in [-0.2, 0) is 9.53 Å². The number of hydrogen-bond acceptors (Lipinski definition) is 3. The van der Waals surface area contributed by atoms with Gasteiger partial charge in [0.05, 0.1) is 12.2 Å². The SMILES string of the molecule is C=C(CO)C(=O)OCF. The molecular formula is C5H7FO3. The second-order valence-corrected chi connectivity index (χ2v) is 1.30. The number of aliphatic hydroxyl groups is 1. The summed E-state index contributed by atoms with van der Waals surface area (Å²) in [5.74, 6) is -0.903. The van der Waals surface area contributed by atoms with Crippen LogP contribution in [-0.4, -0.2) is 24.5 Å². The van der Waals surface area contributed by atoms with Gasteiger partial charge < -0.3 is 9.84 Å². The molecule has 0 saturated heterocycles. The van der Waals surface area contributed by atoms with Crippen molar-refractivity contribution >= 4 is 5.97 Å². The minimum absolute atomic E-state index is 0.146. The average Bonchev–Trinajstić information content (AvgIpc) is 1.87. The Morgan fingerprint density at radius 3 is 2.67 bits per heavy atom. The summed E-state index contributed by atoms with van der Waals surface area (Å²) in [6.07, 6.45) is 0. The summed E-state index contributed by atoms with van der Waals surface area (Å²) in [6.45, 7) is 1.42. The molecule has 0 aromatic heterocycles. The Morgan fingerprint density at radius 1 is 1.78 bits per heavy atom. The fourth-order valence-electron chi connectivity index (χ4n) is 0.216. The van der Waals surface area contributed by atoms with Crippen molar-refractivity contribution < 1.29 is 19.0 Å². The van der Waals surface area contributed by atoms with Crippen LogP contribution in [0.15, 0.2) is 12.2 Å². The van der Waals surface area contributed by atoms with Gasteiger partial charge in [-0.05, 0) is 0 Å². The molecule has 0 aliphatic rings. The van der Waals surface area contributed by atoms with Crippen LogP contribution in [0.4, 0.5) is 4.39 Å². The molecule has 0 heterocycles. The standard InChI is InChI=1S/C5H7FO3/c1-4(2-7)5(8)9-3-6/h7H,1-3H2. The summed E-state index contributed by atoms with van der Waals surface area (Å²) >= 11 is 0. The van der Waals surface area contributed by atoms with E-state index >= 15 is 0 Å². The van der Waals surface area contributed by atoms with Crippen LogP contribution < -0.4 is 0 Å². The van der Waals surface area contributed by atoms with Gasteiger partial charge >= 0.3 is 5.97 Å². The van der Waals surface area contributed by atoms with Gasteiger partial charge in [0, 0.05) is 0 Å². The van der Waals surface area contributed by atoms with E-state index in [1.807, 2.05) is 0 Å². The Morgan fingerprint density at radius 2 is 2.33 bits per heavy atom. The maximum Gasteiger partial charge on any atom is 0.338 e. The van der Waals surface area contributed by atoms with Crippen molar-refractivity contribution in [1.29, 1.82) is 0 Å². The molecule has 0 aromatic rings. The van der Waals surface area contributed by atoms with E-state index in [1.165, 1.54) is 0 Å². The number of rotatable bonds is 3. The Labute approximate surface area is 51.7 Å². The Bertz CT molecular complexity index is 121. The van der Waals surface area contributed by atoms with Crippen LogP contribution in [0.5, 0.6) is 0 Å². The molecule has 1 N–H and O–H groups in total. The largest absolute Gasteiger partial charge is 0.430 e. The molecule has 0 fully saturated rings. The zero-order valence-corrected chi connectivity index (χ0v) is 4.76. The molecular weight excluding hydrogens is 127 g/mol. The Kier molecular flexibility index (Phi) is 3.62. The van der Waals surface area contributed by atoms with Crippen LogP contribution in [0, 0.1) is 0 Å². The topological polar surface area (TPSA) is 46.5 Å². The second-order valence-electron chi connectivity index (χ2n) is 1.30. The fourth-order valence-corrected chi connectivity index (χ4v) is 0.216. The molecule has 0 aliphatic carbocycles. The molecule has 0 atom stereocenters. The lowest BCUT2D eigenvalue weighted by molar-refractivity contribution is -0.143. The average molecular weight is 134 g/mol. The molecule has 0 rings (SSSR count). The van der Waals surface area contributed by atoms with Gasteiger partial charge in [0.2, 0.25) is 6.86 Å². The van der Waals surface area contributed by atoms with Crippen LogP contribution in [0.1, 0.15) is 0 Å². The molecule has 3 nitrogen and oxygen atoms in total. The van der Waals surface area contributed by atoms with E-state index in [2.05, 4.69) is 11.3 Å². The van der Waals surface area contributed by atoms with Crippen molar-refractivity contribution in [2.24, 2.45) is 0 Å². The predicted molar refractivity (Wildman–Crippen MR) is 28.3 cm³/mol. The van der Waals surface area contributed by atoms with Crippen molar-refractivity contribution in [3.05, 3.63) is 12.2 Å².